The third-order valence-electron chi connectivity index (χ3n) is 5.77. The summed E-state index contributed by atoms with van der Waals surface area (Å²) in [5.74, 6) is -2.20. The molecule has 0 unspecified atom stereocenters. The number of hydrogen-bond acceptors (Lipinski definition) is 2. The molecule has 3 aromatic carbocycles. The summed E-state index contributed by atoms with van der Waals surface area (Å²) in [6.07, 6.45) is 0. The van der Waals surface area contributed by atoms with Crippen LogP contribution in [0.2, 0.25) is 5.02 Å². The number of hydrogen-bond donors (Lipinski definition) is 0. The molecule has 4 rings (SSSR count). The van der Waals surface area contributed by atoms with E-state index in [0.29, 0.717) is 31.2 Å². The Kier molecular flexibility index (Phi) is 6.35. The molecule has 0 aromatic heterocycles. The summed E-state index contributed by atoms with van der Waals surface area (Å²) < 4.78 is 28.6. The lowest BCUT2D eigenvalue weighted by atomic mass is 9.96. The first-order chi connectivity index (χ1) is 15.0. The molecule has 0 radical (unpaired) electrons. The molecule has 0 aliphatic carbocycles. The molecule has 1 heterocycles. The average molecular weight is 441 g/mol. The van der Waals surface area contributed by atoms with Gasteiger partial charge in [-0.25, -0.2) is 8.78 Å². The number of benzene rings is 3. The maximum absolute atomic E-state index is 14.4. The third kappa shape index (κ3) is 4.48. The minimum absolute atomic E-state index is 0.00293. The van der Waals surface area contributed by atoms with Gasteiger partial charge in [0.25, 0.3) is 5.91 Å². The predicted molar refractivity (Wildman–Crippen MR) is 118 cm³/mol. The minimum atomic E-state index is -0.821. The molecular weight excluding hydrogens is 418 g/mol. The highest BCUT2D eigenvalue weighted by molar-refractivity contribution is 6.30. The number of amides is 1. The Balaban J connectivity index is 1.55. The molecule has 31 heavy (non-hydrogen) atoms. The first-order valence-corrected chi connectivity index (χ1v) is 10.6. The fourth-order valence-electron chi connectivity index (χ4n) is 4.09. The molecule has 1 saturated heterocycles. The van der Waals surface area contributed by atoms with E-state index in [1.807, 2.05) is 42.5 Å². The minimum Gasteiger partial charge on any atom is -0.336 e. The van der Waals surface area contributed by atoms with E-state index in [1.54, 1.807) is 0 Å². The molecule has 3 nitrogen and oxygen atoms in total. The van der Waals surface area contributed by atoms with E-state index in [4.69, 9.17) is 11.6 Å². The number of nitrogens with zero attached hydrogens (tertiary/aromatic N) is 2. The van der Waals surface area contributed by atoms with E-state index in [2.05, 4.69) is 17.0 Å². The molecule has 0 spiro atoms. The van der Waals surface area contributed by atoms with Crippen LogP contribution in [0.4, 0.5) is 8.78 Å². The first kappa shape index (κ1) is 21.5. The lowest BCUT2D eigenvalue weighted by Crippen LogP contribution is -2.50. The maximum atomic E-state index is 14.4. The Morgan fingerprint density at radius 3 is 2.13 bits per heavy atom. The maximum Gasteiger partial charge on any atom is 0.259 e. The van der Waals surface area contributed by atoms with Crippen molar-refractivity contribution in [2.75, 3.05) is 26.2 Å². The summed E-state index contributed by atoms with van der Waals surface area (Å²) >= 11 is 6.08. The number of aryl methyl sites for hydroxylation is 1. The van der Waals surface area contributed by atoms with Crippen molar-refractivity contribution in [2.45, 2.75) is 13.0 Å². The van der Waals surface area contributed by atoms with Crippen molar-refractivity contribution in [1.82, 2.24) is 9.80 Å². The van der Waals surface area contributed by atoms with Crippen LogP contribution in [-0.2, 0) is 0 Å². The quantitative estimate of drug-likeness (QED) is 0.536. The number of carbonyl (C=O) groups excluding carboxylic acids is 1. The largest absolute Gasteiger partial charge is 0.336 e. The van der Waals surface area contributed by atoms with Crippen molar-refractivity contribution >= 4 is 17.5 Å². The van der Waals surface area contributed by atoms with Gasteiger partial charge in [-0.2, -0.15) is 0 Å². The van der Waals surface area contributed by atoms with Crippen LogP contribution in [0.3, 0.4) is 0 Å². The normalized spacial score (nSPS) is 15.7. The van der Waals surface area contributed by atoms with Gasteiger partial charge >= 0.3 is 0 Å². The fraction of sp³-hybridized carbons (Fsp3) is 0.240. The molecule has 1 aliphatic rings. The molecule has 1 fully saturated rings. The van der Waals surface area contributed by atoms with Gasteiger partial charge in [-0.05, 0) is 41.8 Å². The van der Waals surface area contributed by atoms with Crippen LogP contribution in [0.25, 0.3) is 0 Å². The fourth-order valence-corrected chi connectivity index (χ4v) is 4.21. The number of carbonyl (C=O) groups is 1. The second kappa shape index (κ2) is 9.16. The van der Waals surface area contributed by atoms with Gasteiger partial charge in [-0.3, -0.25) is 9.69 Å². The van der Waals surface area contributed by atoms with Crippen LogP contribution in [-0.4, -0.2) is 41.9 Å². The van der Waals surface area contributed by atoms with Crippen molar-refractivity contribution < 1.29 is 13.6 Å². The molecule has 1 atom stereocenters. The van der Waals surface area contributed by atoms with Crippen LogP contribution in [0.15, 0.2) is 66.7 Å². The van der Waals surface area contributed by atoms with Crippen molar-refractivity contribution in [3.05, 3.63) is 106 Å². The first-order valence-electron chi connectivity index (χ1n) is 10.2. The highest BCUT2D eigenvalue weighted by Crippen LogP contribution is 2.31. The molecule has 1 amide bonds. The van der Waals surface area contributed by atoms with Crippen LogP contribution in [0.1, 0.15) is 33.1 Å². The third-order valence-corrected chi connectivity index (χ3v) is 6.02. The molecular formula is C25H23ClF2N2O. The topological polar surface area (TPSA) is 23.6 Å². The van der Waals surface area contributed by atoms with Crippen molar-refractivity contribution in [2.24, 2.45) is 0 Å². The predicted octanol–water partition coefficient (Wildman–Crippen LogP) is 5.47. The second-order valence-corrected chi connectivity index (χ2v) is 8.18. The zero-order chi connectivity index (χ0) is 22.0. The highest BCUT2D eigenvalue weighted by Gasteiger charge is 2.31. The second-order valence-electron chi connectivity index (χ2n) is 7.75. The zero-order valence-corrected chi connectivity index (χ0v) is 17.9. The van der Waals surface area contributed by atoms with Gasteiger partial charge in [0.1, 0.15) is 17.2 Å². The SMILES string of the molecule is Cc1ccc(F)c(C(=O)N2CCN([C@@H](c3ccccc3)c3ccc(Cl)cc3)CC2)c1F. The molecule has 0 saturated carbocycles. The molecule has 0 bridgehead atoms. The van der Waals surface area contributed by atoms with Gasteiger partial charge in [-0.15, -0.1) is 0 Å². The van der Waals surface area contributed by atoms with Gasteiger partial charge in [-0.1, -0.05) is 60.1 Å². The Morgan fingerprint density at radius 2 is 1.48 bits per heavy atom. The van der Waals surface area contributed by atoms with Crippen LogP contribution < -0.4 is 0 Å². The Hall–Kier alpha value is -2.76. The lowest BCUT2D eigenvalue weighted by Gasteiger charge is -2.40. The monoisotopic (exact) mass is 440 g/mol. The van der Waals surface area contributed by atoms with Gasteiger partial charge in [0, 0.05) is 31.2 Å². The van der Waals surface area contributed by atoms with E-state index in [-0.39, 0.29) is 11.6 Å². The molecule has 1 aliphatic heterocycles. The smallest absolute Gasteiger partial charge is 0.259 e. The van der Waals surface area contributed by atoms with Crippen LogP contribution >= 0.6 is 11.6 Å². The van der Waals surface area contributed by atoms with Gasteiger partial charge < -0.3 is 4.90 Å². The standard InChI is InChI=1S/C25H23ClF2N2O/c1-17-7-12-21(27)22(23(17)28)25(31)30-15-13-29(14-16-30)24(18-5-3-2-4-6-18)19-8-10-20(26)11-9-19/h2-12,24H,13-16H2,1H3/t24-/m0/s1. The van der Waals surface area contributed by atoms with Gasteiger partial charge in [0.05, 0.1) is 6.04 Å². The molecule has 3 aromatic rings. The van der Waals surface area contributed by atoms with E-state index in [1.165, 1.54) is 17.9 Å². The summed E-state index contributed by atoms with van der Waals surface area (Å²) in [7, 11) is 0. The summed E-state index contributed by atoms with van der Waals surface area (Å²) in [5, 5.41) is 0.674. The molecule has 0 N–H and O–H groups in total. The van der Waals surface area contributed by atoms with Gasteiger partial charge in [0.2, 0.25) is 0 Å². The summed E-state index contributed by atoms with van der Waals surface area (Å²) in [6.45, 7) is 3.48. The van der Waals surface area contributed by atoms with E-state index < -0.39 is 23.1 Å². The highest BCUT2D eigenvalue weighted by atomic mass is 35.5. The summed E-state index contributed by atoms with van der Waals surface area (Å²) in [5.41, 5.74) is 2.03. The average Bonchev–Trinajstić information content (AvgIpc) is 2.79. The Morgan fingerprint density at radius 1 is 0.871 bits per heavy atom. The Labute approximate surface area is 185 Å². The zero-order valence-electron chi connectivity index (χ0n) is 17.2. The van der Waals surface area contributed by atoms with Crippen molar-refractivity contribution in [3.8, 4) is 0 Å². The molecule has 6 heteroatoms. The van der Waals surface area contributed by atoms with Crippen LogP contribution in [0.5, 0.6) is 0 Å². The summed E-state index contributed by atoms with van der Waals surface area (Å²) in [6, 6.07) is 20.4. The lowest BCUT2D eigenvalue weighted by molar-refractivity contribution is 0.0588. The van der Waals surface area contributed by atoms with Crippen LogP contribution in [0, 0.1) is 18.6 Å². The number of piperazine rings is 1. The van der Waals surface area contributed by atoms with Crippen molar-refractivity contribution in [3.63, 3.8) is 0 Å². The van der Waals surface area contributed by atoms with E-state index in [9.17, 15) is 13.6 Å². The molecule has 160 valence electrons. The van der Waals surface area contributed by atoms with E-state index in [0.717, 1.165) is 17.2 Å². The Bertz CT molecular complexity index is 1060. The van der Waals surface area contributed by atoms with Gasteiger partial charge in [0.15, 0.2) is 0 Å². The van der Waals surface area contributed by atoms with E-state index >= 15 is 0 Å². The van der Waals surface area contributed by atoms with Crippen molar-refractivity contribution in [1.29, 1.82) is 0 Å². The number of halogens is 3. The summed E-state index contributed by atoms with van der Waals surface area (Å²) in [4.78, 5) is 16.7. The number of rotatable bonds is 4.